The number of rotatable bonds is 6. The van der Waals surface area contributed by atoms with Crippen molar-refractivity contribution in [2.24, 2.45) is 41.4 Å². The molecule has 2 aromatic rings. The van der Waals surface area contributed by atoms with Crippen LogP contribution in [0.4, 0.5) is 4.39 Å². The number of fused-ring (bicyclic) bond motifs is 5. The topological polar surface area (TPSA) is 92.3 Å². The highest BCUT2D eigenvalue weighted by Crippen LogP contribution is 2.59. The molecule has 2 saturated carbocycles. The summed E-state index contributed by atoms with van der Waals surface area (Å²) < 4.78 is 20.9. The van der Waals surface area contributed by atoms with Gasteiger partial charge in [0.1, 0.15) is 11.9 Å². The third-order valence-corrected chi connectivity index (χ3v) is 11.1. The van der Waals surface area contributed by atoms with Crippen molar-refractivity contribution in [3.8, 4) is 5.88 Å². The van der Waals surface area contributed by atoms with Crippen LogP contribution in [0.3, 0.4) is 0 Å². The fourth-order valence-electron chi connectivity index (χ4n) is 8.63. The van der Waals surface area contributed by atoms with E-state index in [1.165, 1.54) is 12.5 Å². The van der Waals surface area contributed by atoms with Gasteiger partial charge in [0.15, 0.2) is 0 Å². The van der Waals surface area contributed by atoms with Gasteiger partial charge in [0.05, 0.1) is 12.6 Å². The first-order valence-corrected chi connectivity index (χ1v) is 17.9. The van der Waals surface area contributed by atoms with Crippen molar-refractivity contribution in [2.45, 2.75) is 104 Å². The molecule has 3 N–H and O–H groups in total. The van der Waals surface area contributed by atoms with Crippen LogP contribution in [0.2, 0.25) is 0 Å². The Bertz CT molecular complexity index is 1320. The summed E-state index contributed by atoms with van der Waals surface area (Å²) in [6.45, 7) is 11.8. The number of hydrogen-bond donors (Lipinski definition) is 3. The molecule has 1 aliphatic heterocycles. The lowest BCUT2D eigenvalue weighted by Gasteiger charge is -2.64. The summed E-state index contributed by atoms with van der Waals surface area (Å²) in [5.74, 6) is 2.68. The zero-order valence-corrected chi connectivity index (χ0v) is 28.4. The molecule has 1 aromatic heterocycles. The molecule has 0 radical (unpaired) electrons. The van der Waals surface area contributed by atoms with E-state index in [0.717, 1.165) is 49.7 Å². The number of nitrogens with one attached hydrogen (secondary N) is 3. The molecule has 252 valence electrons. The molecular weight excluding hydrogens is 579 g/mol. The molecule has 2 heterocycles. The monoisotopic (exact) mass is 634 g/mol. The Morgan fingerprint density at radius 1 is 1.04 bits per heavy atom. The van der Waals surface area contributed by atoms with E-state index in [-0.39, 0.29) is 35.5 Å². The molecule has 2 fully saturated rings. The summed E-state index contributed by atoms with van der Waals surface area (Å²) in [5, 5.41) is 10.1. The van der Waals surface area contributed by atoms with Crippen LogP contribution in [0.1, 0.15) is 84.3 Å². The molecule has 46 heavy (non-hydrogen) atoms. The Morgan fingerprint density at radius 3 is 2.54 bits per heavy atom. The van der Waals surface area contributed by atoms with E-state index in [2.05, 4.69) is 54.7 Å². The highest BCUT2D eigenvalue weighted by molar-refractivity contribution is 5.89. The molecule has 3 aliphatic rings. The van der Waals surface area contributed by atoms with E-state index < -0.39 is 12.1 Å². The van der Waals surface area contributed by atoms with Crippen molar-refractivity contribution in [1.29, 1.82) is 0 Å². The summed E-state index contributed by atoms with van der Waals surface area (Å²) in [4.78, 5) is 31.8. The molecule has 2 aliphatic carbocycles. The van der Waals surface area contributed by atoms with Crippen LogP contribution in [0.15, 0.2) is 42.6 Å². The van der Waals surface area contributed by atoms with Gasteiger partial charge in [-0.3, -0.25) is 9.59 Å². The van der Waals surface area contributed by atoms with Crippen LogP contribution in [-0.4, -0.2) is 48.1 Å². The van der Waals surface area contributed by atoms with Crippen LogP contribution in [0.25, 0.3) is 0 Å². The number of benzene rings is 1. The maximum absolute atomic E-state index is 14.4. The molecule has 7 nitrogen and oxygen atoms in total. The van der Waals surface area contributed by atoms with Crippen molar-refractivity contribution in [3.63, 3.8) is 0 Å². The SMILES string of the molecule is CCC[C@@H]1NC(=O)[C@@H](C(C)C)NC2C3CCC3C2[C@@H](Cc2cccc(F)c2)C(CC)[C@@H](C)COc2ncccc2CCCNC1=O. The van der Waals surface area contributed by atoms with E-state index in [0.29, 0.717) is 55.0 Å². The summed E-state index contributed by atoms with van der Waals surface area (Å²) in [6, 6.07) is 10.3. The fraction of sp³-hybridized carbons (Fsp3) is 0.658. The number of pyridine rings is 1. The number of halogens is 1. The number of carbonyl (C=O) groups excluding carboxylic acids is 2. The van der Waals surface area contributed by atoms with Crippen molar-refractivity contribution in [1.82, 2.24) is 20.9 Å². The lowest BCUT2D eigenvalue weighted by molar-refractivity contribution is -0.138. The molecule has 2 amide bonds. The maximum atomic E-state index is 14.4. The van der Waals surface area contributed by atoms with E-state index >= 15 is 0 Å². The lowest BCUT2D eigenvalue weighted by atomic mass is 9.44. The largest absolute Gasteiger partial charge is 0.477 e. The second kappa shape index (κ2) is 15.7. The number of carbonyl (C=O) groups is 2. The molecule has 1 aromatic carbocycles. The Kier molecular flexibility index (Phi) is 11.7. The maximum Gasteiger partial charge on any atom is 0.242 e. The molecule has 8 heteroatoms. The van der Waals surface area contributed by atoms with Gasteiger partial charge in [-0.1, -0.05) is 65.7 Å². The van der Waals surface area contributed by atoms with Crippen molar-refractivity contribution in [3.05, 3.63) is 59.5 Å². The number of amides is 2. The van der Waals surface area contributed by atoms with Gasteiger partial charge < -0.3 is 20.7 Å². The molecule has 0 saturated heterocycles. The van der Waals surface area contributed by atoms with Gasteiger partial charge >= 0.3 is 0 Å². The van der Waals surface area contributed by atoms with Gasteiger partial charge in [0.25, 0.3) is 0 Å². The summed E-state index contributed by atoms with van der Waals surface area (Å²) >= 11 is 0. The Hall–Kier alpha value is -3.00. The normalized spacial score (nSPS) is 32.5. The fourth-order valence-corrected chi connectivity index (χ4v) is 8.63. The molecule has 5 rings (SSSR count). The second-order valence-electron chi connectivity index (χ2n) is 14.5. The predicted octanol–water partition coefficient (Wildman–Crippen LogP) is 6.11. The van der Waals surface area contributed by atoms with Gasteiger partial charge in [0.2, 0.25) is 17.7 Å². The highest BCUT2D eigenvalue weighted by atomic mass is 19.1. The zero-order chi connectivity index (χ0) is 32.8. The second-order valence-corrected chi connectivity index (χ2v) is 14.5. The third kappa shape index (κ3) is 7.75. The van der Waals surface area contributed by atoms with Gasteiger partial charge in [-0.2, -0.15) is 0 Å². The van der Waals surface area contributed by atoms with Crippen LogP contribution in [-0.2, 0) is 22.4 Å². The number of ether oxygens (including phenoxy) is 1. The molecule has 0 bridgehead atoms. The van der Waals surface area contributed by atoms with Gasteiger partial charge in [0, 0.05) is 24.3 Å². The number of hydrogen-bond acceptors (Lipinski definition) is 5. The van der Waals surface area contributed by atoms with Crippen LogP contribution in [0, 0.1) is 47.2 Å². The first kappa shape index (κ1) is 34.3. The Labute approximate surface area is 275 Å². The first-order valence-electron chi connectivity index (χ1n) is 17.9. The highest BCUT2D eigenvalue weighted by Gasteiger charge is 2.59. The van der Waals surface area contributed by atoms with Crippen LogP contribution in [0.5, 0.6) is 5.88 Å². The van der Waals surface area contributed by atoms with E-state index in [9.17, 15) is 14.0 Å². The first-order chi connectivity index (χ1) is 22.2. The van der Waals surface area contributed by atoms with Gasteiger partial charge in [-0.25, -0.2) is 9.37 Å². The van der Waals surface area contributed by atoms with E-state index in [1.54, 1.807) is 12.3 Å². The Balaban J connectivity index is 1.49. The average molecular weight is 635 g/mol. The Morgan fingerprint density at radius 2 is 1.85 bits per heavy atom. The predicted molar refractivity (Wildman–Crippen MR) is 180 cm³/mol. The quantitative estimate of drug-likeness (QED) is 0.357. The minimum Gasteiger partial charge on any atom is -0.477 e. The molecular formula is C38H55FN4O3. The van der Waals surface area contributed by atoms with E-state index in [1.807, 2.05) is 25.1 Å². The standard InChI is InChI=1S/C38H55FN4O3/c1-6-11-32-36(44)40-18-9-13-26-14-10-19-41-38(26)46-22-24(5)28(7-2)31(21-25-12-8-15-27(39)20-25)33-29-16-17-30(29)35(33)43-34(23(3)4)37(45)42-32/h8,10,12,14-15,19-20,23-24,28-35,43H,6-7,9,11,13,16-18,21-22H2,1-5H3,(H,40,44)(H,42,45)/t24-,28?,29?,30?,31-,32-,33?,34+,35?/m0/s1. The zero-order valence-electron chi connectivity index (χ0n) is 28.4. The number of nitrogens with zero attached hydrogens (tertiary/aromatic N) is 1. The summed E-state index contributed by atoms with van der Waals surface area (Å²) in [6.07, 6.45) is 8.77. The number of aromatic nitrogens is 1. The summed E-state index contributed by atoms with van der Waals surface area (Å²) in [7, 11) is 0. The smallest absolute Gasteiger partial charge is 0.242 e. The van der Waals surface area contributed by atoms with Crippen molar-refractivity contribution in [2.75, 3.05) is 13.2 Å². The minimum atomic E-state index is -0.570. The minimum absolute atomic E-state index is 0.0567. The molecule has 9 atom stereocenters. The van der Waals surface area contributed by atoms with Crippen molar-refractivity contribution >= 4 is 11.8 Å². The van der Waals surface area contributed by atoms with Gasteiger partial charge in [-0.15, -0.1) is 0 Å². The van der Waals surface area contributed by atoms with Crippen molar-refractivity contribution < 1.29 is 18.7 Å². The van der Waals surface area contributed by atoms with Crippen LogP contribution >= 0.6 is 0 Å². The van der Waals surface area contributed by atoms with E-state index in [4.69, 9.17) is 4.74 Å². The summed E-state index contributed by atoms with van der Waals surface area (Å²) in [5.41, 5.74) is 2.06. The third-order valence-electron chi connectivity index (χ3n) is 11.1. The van der Waals surface area contributed by atoms with Crippen LogP contribution < -0.4 is 20.7 Å². The molecule has 5 unspecified atom stereocenters. The molecule has 0 spiro atoms. The number of aryl methyl sites for hydroxylation is 1. The lowest BCUT2D eigenvalue weighted by Crippen LogP contribution is -2.70. The average Bonchev–Trinajstić information content (AvgIpc) is 3.01. The van der Waals surface area contributed by atoms with Gasteiger partial charge in [-0.05, 0) is 104 Å².